The SMILES string of the molecule is O=C(O)NC(COCc1ccccc1)C(=O)N1CCCC1CNC(=O)CCCNC(=O)OCc1ccccc1. The molecule has 2 unspecified atom stereocenters. The van der Waals surface area contributed by atoms with E-state index in [-0.39, 0.29) is 50.6 Å². The van der Waals surface area contributed by atoms with Crippen molar-refractivity contribution in [3.63, 3.8) is 0 Å². The van der Waals surface area contributed by atoms with E-state index in [1.807, 2.05) is 60.7 Å². The third-order valence-corrected chi connectivity index (χ3v) is 6.25. The number of carboxylic acid groups (broad SMARTS) is 1. The molecule has 1 aliphatic rings. The summed E-state index contributed by atoms with van der Waals surface area (Å²) in [7, 11) is 0. The quantitative estimate of drug-likeness (QED) is 0.270. The van der Waals surface area contributed by atoms with Gasteiger partial charge in [0.15, 0.2) is 0 Å². The van der Waals surface area contributed by atoms with Gasteiger partial charge in [-0.2, -0.15) is 0 Å². The molecular formula is C28H36N4O7. The summed E-state index contributed by atoms with van der Waals surface area (Å²) in [5.41, 5.74) is 1.80. The Kier molecular flexibility index (Phi) is 12.1. The first kappa shape index (κ1) is 29.4. The van der Waals surface area contributed by atoms with E-state index in [0.717, 1.165) is 17.5 Å². The van der Waals surface area contributed by atoms with Gasteiger partial charge in [0, 0.05) is 32.1 Å². The summed E-state index contributed by atoms with van der Waals surface area (Å²) in [5, 5.41) is 16.9. The highest BCUT2D eigenvalue weighted by molar-refractivity contribution is 5.86. The molecule has 1 heterocycles. The maximum atomic E-state index is 13.2. The molecule has 1 saturated heterocycles. The van der Waals surface area contributed by atoms with Crippen molar-refractivity contribution in [3.8, 4) is 0 Å². The van der Waals surface area contributed by atoms with Gasteiger partial charge in [0.2, 0.25) is 11.8 Å². The van der Waals surface area contributed by atoms with Crippen LogP contribution in [0.4, 0.5) is 9.59 Å². The summed E-state index contributed by atoms with van der Waals surface area (Å²) < 4.78 is 10.8. The first-order chi connectivity index (χ1) is 18.9. The Hall–Kier alpha value is -4.12. The van der Waals surface area contributed by atoms with Crippen LogP contribution in [0.2, 0.25) is 0 Å². The van der Waals surface area contributed by atoms with Crippen molar-refractivity contribution in [2.24, 2.45) is 0 Å². The fraction of sp³-hybridized carbons (Fsp3) is 0.429. The van der Waals surface area contributed by atoms with Gasteiger partial charge in [-0.3, -0.25) is 9.59 Å². The number of nitrogens with zero attached hydrogens (tertiary/aromatic N) is 1. The molecule has 11 heteroatoms. The lowest BCUT2D eigenvalue weighted by Gasteiger charge is -2.29. The average molecular weight is 541 g/mol. The molecule has 1 aliphatic heterocycles. The highest BCUT2D eigenvalue weighted by Gasteiger charge is 2.34. The molecule has 210 valence electrons. The molecule has 0 radical (unpaired) electrons. The summed E-state index contributed by atoms with van der Waals surface area (Å²) in [6.07, 6.45) is 0.242. The molecule has 0 spiro atoms. The molecule has 4 amide bonds. The smallest absolute Gasteiger partial charge is 0.407 e. The number of amides is 4. The Labute approximate surface area is 227 Å². The predicted molar refractivity (Wildman–Crippen MR) is 143 cm³/mol. The Morgan fingerprint density at radius 2 is 1.62 bits per heavy atom. The maximum absolute atomic E-state index is 13.2. The number of likely N-dealkylation sites (tertiary alicyclic amines) is 1. The molecule has 2 aromatic carbocycles. The summed E-state index contributed by atoms with van der Waals surface area (Å²) in [4.78, 5) is 50.2. The zero-order valence-corrected chi connectivity index (χ0v) is 21.8. The fourth-order valence-corrected chi connectivity index (χ4v) is 4.26. The van der Waals surface area contributed by atoms with Crippen molar-refractivity contribution in [3.05, 3.63) is 71.8 Å². The van der Waals surface area contributed by atoms with E-state index < -0.39 is 18.2 Å². The number of carbonyl (C=O) groups is 4. The molecule has 3 rings (SSSR count). The van der Waals surface area contributed by atoms with Crippen LogP contribution >= 0.6 is 0 Å². The van der Waals surface area contributed by atoms with E-state index in [1.165, 1.54) is 0 Å². The topological polar surface area (TPSA) is 146 Å². The molecule has 2 aromatic rings. The van der Waals surface area contributed by atoms with Crippen LogP contribution in [-0.2, 0) is 32.3 Å². The standard InChI is InChI=1S/C28H36N4O7/c33-25(14-7-15-29-28(37)39-19-22-11-5-2-6-12-22)30-17-23-13-8-16-32(23)26(34)24(31-27(35)36)20-38-18-21-9-3-1-4-10-21/h1-6,9-12,23-24,31H,7-8,13-20H2,(H,29,37)(H,30,33)(H,35,36). The second-order valence-electron chi connectivity index (χ2n) is 9.23. The number of rotatable bonds is 14. The third-order valence-electron chi connectivity index (χ3n) is 6.25. The second-order valence-corrected chi connectivity index (χ2v) is 9.23. The number of hydrogen-bond donors (Lipinski definition) is 4. The van der Waals surface area contributed by atoms with Crippen molar-refractivity contribution in [1.82, 2.24) is 20.9 Å². The highest BCUT2D eigenvalue weighted by Crippen LogP contribution is 2.18. The van der Waals surface area contributed by atoms with Gasteiger partial charge in [-0.1, -0.05) is 60.7 Å². The van der Waals surface area contributed by atoms with Crippen LogP contribution in [-0.4, -0.2) is 72.3 Å². The Bertz CT molecular complexity index is 1070. The van der Waals surface area contributed by atoms with E-state index in [0.29, 0.717) is 25.9 Å². The van der Waals surface area contributed by atoms with Crippen LogP contribution in [0.3, 0.4) is 0 Å². The van der Waals surface area contributed by atoms with E-state index in [2.05, 4.69) is 16.0 Å². The number of benzene rings is 2. The predicted octanol–water partition coefficient (Wildman–Crippen LogP) is 2.65. The van der Waals surface area contributed by atoms with E-state index >= 15 is 0 Å². The lowest BCUT2D eigenvalue weighted by Crippen LogP contribution is -2.53. The van der Waals surface area contributed by atoms with Crippen LogP contribution in [0, 0.1) is 0 Å². The van der Waals surface area contributed by atoms with Crippen LogP contribution < -0.4 is 16.0 Å². The number of alkyl carbamates (subject to hydrolysis) is 1. The van der Waals surface area contributed by atoms with Crippen molar-refractivity contribution in [2.45, 2.75) is 51.0 Å². The van der Waals surface area contributed by atoms with E-state index in [1.54, 1.807) is 4.90 Å². The molecular weight excluding hydrogens is 504 g/mol. The van der Waals surface area contributed by atoms with Gasteiger partial charge in [-0.25, -0.2) is 9.59 Å². The fourth-order valence-electron chi connectivity index (χ4n) is 4.26. The Morgan fingerprint density at radius 1 is 0.949 bits per heavy atom. The molecule has 1 fully saturated rings. The van der Waals surface area contributed by atoms with Crippen LogP contribution in [0.5, 0.6) is 0 Å². The summed E-state index contributed by atoms with van der Waals surface area (Å²) in [6.45, 7) is 1.36. The van der Waals surface area contributed by atoms with Crippen LogP contribution in [0.1, 0.15) is 36.8 Å². The highest BCUT2D eigenvalue weighted by atomic mass is 16.5. The van der Waals surface area contributed by atoms with Crippen molar-refractivity contribution in [1.29, 1.82) is 0 Å². The van der Waals surface area contributed by atoms with Gasteiger partial charge in [-0.15, -0.1) is 0 Å². The zero-order chi connectivity index (χ0) is 27.9. The van der Waals surface area contributed by atoms with Gasteiger partial charge < -0.3 is 35.4 Å². The van der Waals surface area contributed by atoms with Crippen molar-refractivity contribution >= 4 is 24.0 Å². The lowest BCUT2D eigenvalue weighted by atomic mass is 10.2. The molecule has 0 aliphatic carbocycles. The minimum absolute atomic E-state index is 0.101. The number of hydrogen-bond acceptors (Lipinski definition) is 6. The first-order valence-electron chi connectivity index (χ1n) is 13.0. The summed E-state index contributed by atoms with van der Waals surface area (Å²) in [5.74, 6) is -0.569. The zero-order valence-electron chi connectivity index (χ0n) is 21.8. The summed E-state index contributed by atoms with van der Waals surface area (Å²) in [6, 6.07) is 17.4. The van der Waals surface area contributed by atoms with Gasteiger partial charge in [0.25, 0.3) is 0 Å². The minimum Gasteiger partial charge on any atom is -0.465 e. The van der Waals surface area contributed by atoms with Crippen molar-refractivity contribution < 1.29 is 33.8 Å². The number of carbonyl (C=O) groups excluding carboxylic acids is 3. The molecule has 39 heavy (non-hydrogen) atoms. The van der Waals surface area contributed by atoms with Crippen molar-refractivity contribution in [2.75, 3.05) is 26.2 Å². The van der Waals surface area contributed by atoms with Gasteiger partial charge in [0.05, 0.1) is 13.2 Å². The first-order valence-corrected chi connectivity index (χ1v) is 13.0. The molecule has 0 saturated carbocycles. The molecule has 0 bridgehead atoms. The maximum Gasteiger partial charge on any atom is 0.407 e. The largest absolute Gasteiger partial charge is 0.465 e. The second kappa shape index (κ2) is 16.0. The third kappa shape index (κ3) is 10.6. The Balaban J connectivity index is 1.36. The Morgan fingerprint density at radius 3 is 2.28 bits per heavy atom. The number of nitrogens with one attached hydrogen (secondary N) is 3. The van der Waals surface area contributed by atoms with Crippen LogP contribution in [0.25, 0.3) is 0 Å². The van der Waals surface area contributed by atoms with Crippen LogP contribution in [0.15, 0.2) is 60.7 Å². The normalized spacial score (nSPS) is 15.3. The monoisotopic (exact) mass is 540 g/mol. The lowest BCUT2D eigenvalue weighted by molar-refractivity contribution is -0.136. The summed E-state index contributed by atoms with van der Waals surface area (Å²) >= 11 is 0. The molecule has 0 aromatic heterocycles. The molecule has 2 atom stereocenters. The minimum atomic E-state index is -1.31. The molecule has 11 nitrogen and oxygen atoms in total. The van der Waals surface area contributed by atoms with Gasteiger partial charge in [0.1, 0.15) is 12.6 Å². The van der Waals surface area contributed by atoms with Gasteiger partial charge in [-0.05, 0) is 30.4 Å². The van der Waals surface area contributed by atoms with E-state index in [9.17, 15) is 24.3 Å². The van der Waals surface area contributed by atoms with E-state index in [4.69, 9.17) is 9.47 Å². The average Bonchev–Trinajstić information content (AvgIpc) is 3.42. The molecule has 4 N–H and O–H groups in total. The van der Waals surface area contributed by atoms with Gasteiger partial charge >= 0.3 is 12.2 Å². The number of ether oxygens (including phenoxy) is 2.